The third-order valence-electron chi connectivity index (χ3n) is 6.00. The van der Waals surface area contributed by atoms with Gasteiger partial charge in [0.25, 0.3) is 0 Å². The molecule has 0 saturated heterocycles. The molecule has 0 aliphatic heterocycles. The number of benzene rings is 3. The maximum Gasteiger partial charge on any atom is 0.573 e. The minimum Gasteiger partial charge on any atom is -0.399 e. The fraction of sp³-hybridized carbons (Fsp3) is 0.259. The molecule has 0 atom stereocenters. The van der Waals surface area contributed by atoms with E-state index in [1.807, 2.05) is 6.07 Å². The Morgan fingerprint density at radius 2 is 1.54 bits per heavy atom. The maximum atomic E-state index is 15.3. The Labute approximate surface area is 197 Å². The van der Waals surface area contributed by atoms with E-state index in [1.165, 1.54) is 12.1 Å². The Morgan fingerprint density at radius 1 is 0.857 bits per heavy atom. The highest BCUT2D eigenvalue weighted by atomic mass is 19.4. The van der Waals surface area contributed by atoms with Gasteiger partial charge in [-0.05, 0) is 71.7 Å². The van der Waals surface area contributed by atoms with Crippen LogP contribution >= 0.6 is 0 Å². The molecule has 8 heteroatoms. The van der Waals surface area contributed by atoms with Crippen molar-refractivity contribution in [2.24, 2.45) is 0 Å². The first-order chi connectivity index (χ1) is 16.6. The van der Waals surface area contributed by atoms with Gasteiger partial charge in [-0.3, -0.25) is 0 Å². The summed E-state index contributed by atoms with van der Waals surface area (Å²) in [6, 6.07) is 9.18. The second-order valence-electron chi connectivity index (χ2n) is 8.41. The molecule has 1 aliphatic rings. The molecule has 184 valence electrons. The Hall–Kier alpha value is -3.29. The van der Waals surface area contributed by atoms with Gasteiger partial charge in [0, 0.05) is 11.1 Å². The highest BCUT2D eigenvalue weighted by Crippen LogP contribution is 2.37. The van der Waals surface area contributed by atoms with E-state index >= 15 is 4.39 Å². The first kappa shape index (κ1) is 24.8. The van der Waals surface area contributed by atoms with Gasteiger partial charge in [0.05, 0.1) is 0 Å². The number of rotatable bonds is 6. The van der Waals surface area contributed by atoms with Gasteiger partial charge in [0.15, 0.2) is 11.6 Å². The summed E-state index contributed by atoms with van der Waals surface area (Å²) in [5.74, 6) is -5.90. The molecule has 0 bridgehead atoms. The largest absolute Gasteiger partial charge is 0.573 e. The average molecular weight is 494 g/mol. The molecule has 0 spiro atoms. The summed E-state index contributed by atoms with van der Waals surface area (Å²) in [5, 5.41) is 0. The Morgan fingerprint density at radius 3 is 2.17 bits per heavy atom. The number of hydrogen-bond donors (Lipinski definition) is 0. The predicted octanol–water partition coefficient (Wildman–Crippen LogP) is 8.33. The molecule has 0 fully saturated rings. The van der Waals surface area contributed by atoms with Crippen LogP contribution in [-0.2, 0) is 19.3 Å². The molecule has 0 unspecified atom stereocenters. The number of allylic oxidation sites excluding steroid dienone is 2. The highest BCUT2D eigenvalue weighted by Gasteiger charge is 2.34. The Bertz CT molecular complexity index is 1270. The molecule has 0 amide bonds. The number of hydrogen-bond acceptors (Lipinski definition) is 1. The van der Waals surface area contributed by atoms with Crippen LogP contribution in [-0.4, -0.2) is 6.36 Å². The summed E-state index contributed by atoms with van der Waals surface area (Å²) in [7, 11) is 0. The second kappa shape index (κ2) is 9.76. The molecule has 3 aromatic rings. The van der Waals surface area contributed by atoms with Crippen LogP contribution in [0.4, 0.5) is 30.7 Å². The van der Waals surface area contributed by atoms with Crippen molar-refractivity contribution in [3.05, 3.63) is 94.1 Å². The summed E-state index contributed by atoms with van der Waals surface area (Å²) < 4.78 is 98.8. The summed E-state index contributed by atoms with van der Waals surface area (Å²) in [4.78, 5) is 0. The summed E-state index contributed by atoms with van der Waals surface area (Å²) in [5.41, 5.74) is 2.49. The number of aryl methyl sites for hydroxylation is 1. The van der Waals surface area contributed by atoms with E-state index in [0.29, 0.717) is 28.8 Å². The molecule has 3 aromatic carbocycles. The van der Waals surface area contributed by atoms with Crippen molar-refractivity contribution in [2.75, 3.05) is 0 Å². The second-order valence-corrected chi connectivity index (χ2v) is 8.41. The number of alkyl halides is 3. The van der Waals surface area contributed by atoms with Gasteiger partial charge in [0.2, 0.25) is 5.75 Å². The van der Waals surface area contributed by atoms with Crippen molar-refractivity contribution in [1.29, 1.82) is 0 Å². The van der Waals surface area contributed by atoms with Gasteiger partial charge in [-0.2, -0.15) is 0 Å². The van der Waals surface area contributed by atoms with Gasteiger partial charge in [-0.15, -0.1) is 13.2 Å². The van der Waals surface area contributed by atoms with Crippen molar-refractivity contribution >= 4 is 5.57 Å². The molecule has 0 heterocycles. The topological polar surface area (TPSA) is 9.23 Å². The van der Waals surface area contributed by atoms with Crippen LogP contribution in [0.15, 0.2) is 48.5 Å². The van der Waals surface area contributed by atoms with E-state index in [-0.39, 0.29) is 35.3 Å². The van der Waals surface area contributed by atoms with Gasteiger partial charge in [-0.25, -0.2) is 17.6 Å². The van der Waals surface area contributed by atoms with Gasteiger partial charge in [0.1, 0.15) is 11.6 Å². The normalized spacial score (nSPS) is 13.4. The van der Waals surface area contributed by atoms with Crippen LogP contribution in [0.3, 0.4) is 0 Å². The smallest absolute Gasteiger partial charge is 0.399 e. The Kier molecular flexibility index (Phi) is 6.92. The quantitative estimate of drug-likeness (QED) is 0.313. The van der Waals surface area contributed by atoms with Crippen molar-refractivity contribution in [3.63, 3.8) is 0 Å². The lowest BCUT2D eigenvalue weighted by molar-refractivity contribution is -0.276. The van der Waals surface area contributed by atoms with Crippen LogP contribution < -0.4 is 4.74 Å². The van der Waals surface area contributed by atoms with Crippen LogP contribution in [0.1, 0.15) is 42.0 Å². The third kappa shape index (κ3) is 5.36. The van der Waals surface area contributed by atoms with Crippen molar-refractivity contribution < 1.29 is 35.5 Å². The summed E-state index contributed by atoms with van der Waals surface area (Å²) in [6.45, 7) is 2.06. The zero-order chi connectivity index (χ0) is 25.3. The molecule has 1 nitrogen and oxygen atoms in total. The molecular weight excluding hydrogens is 473 g/mol. The molecule has 35 heavy (non-hydrogen) atoms. The summed E-state index contributed by atoms with van der Waals surface area (Å²) in [6.07, 6.45) is -0.430. The minimum atomic E-state index is -5.28. The molecule has 0 radical (unpaired) electrons. The fourth-order valence-corrected chi connectivity index (χ4v) is 4.26. The lowest BCUT2D eigenvalue weighted by atomic mass is 9.85. The van der Waals surface area contributed by atoms with Crippen LogP contribution in [0.25, 0.3) is 16.7 Å². The standard InChI is InChI=1S/C27H21F7O/c1-2-3-4-15-5-8-19(22(28)11-15)16-6-9-20-17(12-16)7-10-21(25(20)31)18-13-23(29)26(24(30)14-18)35-27(32,33)34/h5-8,10-11,13-14H,2-4,9,12H2,1H3. The van der Waals surface area contributed by atoms with E-state index in [4.69, 9.17) is 0 Å². The highest BCUT2D eigenvalue weighted by molar-refractivity contribution is 5.74. The molecule has 0 saturated carbocycles. The first-order valence-corrected chi connectivity index (χ1v) is 11.1. The van der Waals surface area contributed by atoms with Crippen LogP contribution in [0.5, 0.6) is 5.75 Å². The predicted molar refractivity (Wildman–Crippen MR) is 119 cm³/mol. The molecule has 0 N–H and O–H groups in total. The lowest BCUT2D eigenvalue weighted by Crippen LogP contribution is -2.19. The number of ether oxygens (including phenoxy) is 1. The Balaban J connectivity index is 1.62. The maximum absolute atomic E-state index is 15.3. The molecule has 1 aliphatic carbocycles. The molecule has 0 aromatic heterocycles. The van der Waals surface area contributed by atoms with Gasteiger partial charge in [-0.1, -0.05) is 43.7 Å². The van der Waals surface area contributed by atoms with E-state index in [0.717, 1.165) is 24.8 Å². The van der Waals surface area contributed by atoms with E-state index in [9.17, 15) is 26.3 Å². The SMILES string of the molecule is CCCCc1ccc(C2=CCc3c(ccc(-c4cc(F)c(OC(F)(F)F)c(F)c4)c3F)C2)c(F)c1. The number of halogens is 7. The van der Waals surface area contributed by atoms with Gasteiger partial charge >= 0.3 is 6.36 Å². The zero-order valence-electron chi connectivity index (χ0n) is 18.7. The van der Waals surface area contributed by atoms with E-state index < -0.39 is 29.6 Å². The average Bonchev–Trinajstić information content (AvgIpc) is 2.79. The number of fused-ring (bicyclic) bond motifs is 1. The monoisotopic (exact) mass is 494 g/mol. The zero-order valence-corrected chi connectivity index (χ0v) is 18.7. The number of unbranched alkanes of at least 4 members (excludes halogenated alkanes) is 1. The van der Waals surface area contributed by atoms with E-state index in [1.54, 1.807) is 18.2 Å². The van der Waals surface area contributed by atoms with Gasteiger partial charge < -0.3 is 4.74 Å². The third-order valence-corrected chi connectivity index (χ3v) is 6.00. The van der Waals surface area contributed by atoms with Crippen LogP contribution in [0, 0.1) is 23.3 Å². The van der Waals surface area contributed by atoms with Crippen molar-refractivity contribution in [3.8, 4) is 16.9 Å². The van der Waals surface area contributed by atoms with Crippen molar-refractivity contribution in [2.45, 2.75) is 45.4 Å². The molecule has 4 rings (SSSR count). The van der Waals surface area contributed by atoms with Crippen LogP contribution in [0.2, 0.25) is 0 Å². The fourth-order valence-electron chi connectivity index (χ4n) is 4.26. The molecular formula is C27H21F7O. The lowest BCUT2D eigenvalue weighted by Gasteiger charge is -2.20. The van der Waals surface area contributed by atoms with E-state index in [2.05, 4.69) is 11.7 Å². The first-order valence-electron chi connectivity index (χ1n) is 11.1. The van der Waals surface area contributed by atoms with Crippen molar-refractivity contribution in [1.82, 2.24) is 0 Å². The summed E-state index contributed by atoms with van der Waals surface area (Å²) >= 11 is 0. The minimum absolute atomic E-state index is 0.127.